The van der Waals surface area contributed by atoms with E-state index in [9.17, 15) is 4.79 Å². The third kappa shape index (κ3) is 4.86. The van der Waals surface area contributed by atoms with E-state index in [0.29, 0.717) is 17.9 Å². The Kier molecular flexibility index (Phi) is 7.19. The van der Waals surface area contributed by atoms with Gasteiger partial charge in [-0.15, -0.1) is 0 Å². The highest BCUT2D eigenvalue weighted by Crippen LogP contribution is 2.36. The highest BCUT2D eigenvalue weighted by molar-refractivity contribution is 6.31. The molecule has 0 unspecified atom stereocenters. The van der Waals surface area contributed by atoms with Crippen LogP contribution in [0.25, 0.3) is 22.2 Å². The number of aromatic nitrogens is 1. The van der Waals surface area contributed by atoms with Crippen molar-refractivity contribution < 1.29 is 4.79 Å². The standard InChI is InChI=1S/C28H33Cl2N3O/c1-31-26-13-11-22(30)19-25(26)24(28(31)20-7-9-21(29)10-8-20)12-14-27(34)33-17-15-32(16-18-33)23-5-3-2-4-6-23/h7-11,13,19,23H,2-6,12,14-18H2,1H3. The van der Waals surface area contributed by atoms with E-state index in [-0.39, 0.29) is 5.91 Å². The third-order valence-corrected chi connectivity index (χ3v) is 8.22. The van der Waals surface area contributed by atoms with Crippen LogP contribution in [0, 0.1) is 0 Å². The van der Waals surface area contributed by atoms with E-state index in [0.717, 1.165) is 59.4 Å². The van der Waals surface area contributed by atoms with Gasteiger partial charge in [0, 0.05) is 66.6 Å². The molecule has 0 atom stereocenters. The van der Waals surface area contributed by atoms with Gasteiger partial charge in [-0.25, -0.2) is 0 Å². The molecule has 1 amide bonds. The molecular weight excluding hydrogens is 465 g/mol. The monoisotopic (exact) mass is 497 g/mol. The first kappa shape index (κ1) is 23.7. The Bertz CT molecular complexity index is 1160. The van der Waals surface area contributed by atoms with Gasteiger partial charge in [0.1, 0.15) is 0 Å². The van der Waals surface area contributed by atoms with Crippen molar-refractivity contribution in [2.24, 2.45) is 7.05 Å². The highest BCUT2D eigenvalue weighted by atomic mass is 35.5. The van der Waals surface area contributed by atoms with Crippen molar-refractivity contribution in [1.29, 1.82) is 0 Å². The summed E-state index contributed by atoms with van der Waals surface area (Å²) < 4.78 is 2.21. The number of rotatable bonds is 5. The molecule has 0 radical (unpaired) electrons. The number of halogens is 2. The van der Waals surface area contributed by atoms with Gasteiger partial charge in [-0.1, -0.05) is 54.6 Å². The molecule has 0 spiro atoms. The summed E-state index contributed by atoms with van der Waals surface area (Å²) in [6.07, 6.45) is 7.94. The first-order valence-corrected chi connectivity index (χ1v) is 13.3. The Morgan fingerprint density at radius 3 is 2.29 bits per heavy atom. The maximum Gasteiger partial charge on any atom is 0.222 e. The zero-order valence-electron chi connectivity index (χ0n) is 19.9. The predicted octanol–water partition coefficient (Wildman–Crippen LogP) is 6.56. The fourth-order valence-electron chi connectivity index (χ4n) is 5.89. The van der Waals surface area contributed by atoms with Gasteiger partial charge in [0.25, 0.3) is 0 Å². The van der Waals surface area contributed by atoms with Gasteiger partial charge in [-0.05, 0) is 60.7 Å². The molecule has 1 aromatic heterocycles. The zero-order chi connectivity index (χ0) is 23.7. The summed E-state index contributed by atoms with van der Waals surface area (Å²) in [7, 11) is 2.08. The zero-order valence-corrected chi connectivity index (χ0v) is 21.4. The van der Waals surface area contributed by atoms with Gasteiger partial charge < -0.3 is 9.47 Å². The Morgan fingerprint density at radius 2 is 1.59 bits per heavy atom. The normalized spacial score (nSPS) is 18.0. The molecule has 1 aliphatic carbocycles. The van der Waals surface area contributed by atoms with Crippen LogP contribution in [0.5, 0.6) is 0 Å². The minimum atomic E-state index is 0.254. The van der Waals surface area contributed by atoms with E-state index in [1.165, 1.54) is 37.7 Å². The second-order valence-corrected chi connectivity index (χ2v) is 10.6. The predicted molar refractivity (Wildman–Crippen MR) is 142 cm³/mol. The number of piperazine rings is 1. The summed E-state index contributed by atoms with van der Waals surface area (Å²) in [4.78, 5) is 17.9. The third-order valence-electron chi connectivity index (χ3n) is 7.73. The molecule has 180 valence electrons. The Hall–Kier alpha value is -2.01. The van der Waals surface area contributed by atoms with Gasteiger partial charge >= 0.3 is 0 Å². The Balaban J connectivity index is 1.32. The molecule has 5 rings (SSSR count). The van der Waals surface area contributed by atoms with E-state index in [1.54, 1.807) is 0 Å². The van der Waals surface area contributed by atoms with Crippen LogP contribution in [-0.4, -0.2) is 52.5 Å². The quantitative estimate of drug-likeness (QED) is 0.399. The summed E-state index contributed by atoms with van der Waals surface area (Å²) in [5.74, 6) is 0.254. The maximum absolute atomic E-state index is 13.2. The fourth-order valence-corrected chi connectivity index (χ4v) is 6.19. The largest absolute Gasteiger partial charge is 0.343 e. The van der Waals surface area contributed by atoms with Gasteiger partial charge in [-0.3, -0.25) is 9.69 Å². The van der Waals surface area contributed by atoms with E-state index < -0.39 is 0 Å². The number of amides is 1. The summed E-state index contributed by atoms with van der Waals surface area (Å²) in [6, 6.07) is 14.7. The Labute approximate surface area is 212 Å². The lowest BCUT2D eigenvalue weighted by Crippen LogP contribution is -2.52. The van der Waals surface area contributed by atoms with Crippen LogP contribution < -0.4 is 0 Å². The molecule has 3 aromatic rings. The van der Waals surface area contributed by atoms with Crippen molar-refractivity contribution >= 4 is 40.0 Å². The van der Waals surface area contributed by atoms with Gasteiger partial charge in [0.05, 0.1) is 5.69 Å². The first-order valence-electron chi connectivity index (χ1n) is 12.6. The molecule has 2 aliphatic rings. The van der Waals surface area contributed by atoms with E-state index in [2.05, 4.69) is 27.5 Å². The van der Waals surface area contributed by atoms with Crippen LogP contribution in [0.15, 0.2) is 42.5 Å². The molecular formula is C28H33Cl2N3O. The fraction of sp³-hybridized carbons (Fsp3) is 0.464. The molecule has 1 saturated carbocycles. The lowest BCUT2D eigenvalue weighted by molar-refractivity contribution is -0.133. The molecule has 6 heteroatoms. The molecule has 2 heterocycles. The lowest BCUT2D eigenvalue weighted by atomic mass is 9.94. The van der Waals surface area contributed by atoms with Crippen molar-refractivity contribution in [3.05, 3.63) is 58.1 Å². The maximum atomic E-state index is 13.2. The van der Waals surface area contributed by atoms with Crippen molar-refractivity contribution in [3.63, 3.8) is 0 Å². The summed E-state index contributed by atoms with van der Waals surface area (Å²) in [5, 5.41) is 2.55. The molecule has 4 nitrogen and oxygen atoms in total. The van der Waals surface area contributed by atoms with E-state index in [4.69, 9.17) is 23.2 Å². The average molecular weight is 498 g/mol. The number of hydrogen-bond acceptors (Lipinski definition) is 2. The number of fused-ring (bicyclic) bond motifs is 1. The van der Waals surface area contributed by atoms with Gasteiger partial charge in [0.15, 0.2) is 0 Å². The van der Waals surface area contributed by atoms with Crippen molar-refractivity contribution in [1.82, 2.24) is 14.4 Å². The second-order valence-electron chi connectivity index (χ2n) is 9.76. The molecule has 0 bridgehead atoms. The smallest absolute Gasteiger partial charge is 0.222 e. The summed E-state index contributed by atoms with van der Waals surface area (Å²) in [5.41, 5.74) is 4.53. The number of hydrogen-bond donors (Lipinski definition) is 0. The molecule has 2 fully saturated rings. The topological polar surface area (TPSA) is 28.5 Å². The molecule has 34 heavy (non-hydrogen) atoms. The van der Waals surface area contributed by atoms with Crippen molar-refractivity contribution in [2.45, 2.75) is 51.0 Å². The number of carbonyl (C=O) groups excluding carboxylic acids is 1. The minimum absolute atomic E-state index is 0.254. The van der Waals surface area contributed by atoms with E-state index >= 15 is 0 Å². The number of carbonyl (C=O) groups is 1. The number of aryl methyl sites for hydroxylation is 2. The van der Waals surface area contributed by atoms with E-state index in [1.807, 2.05) is 36.4 Å². The van der Waals surface area contributed by atoms with Crippen LogP contribution in [0.3, 0.4) is 0 Å². The Morgan fingerprint density at radius 1 is 0.912 bits per heavy atom. The first-order chi connectivity index (χ1) is 16.5. The summed E-state index contributed by atoms with van der Waals surface area (Å²) in [6.45, 7) is 3.72. The minimum Gasteiger partial charge on any atom is -0.343 e. The summed E-state index contributed by atoms with van der Waals surface area (Å²) >= 11 is 12.5. The molecule has 0 N–H and O–H groups in total. The number of nitrogens with zero attached hydrogens (tertiary/aromatic N) is 3. The molecule has 2 aromatic carbocycles. The van der Waals surface area contributed by atoms with Crippen LogP contribution in [0.2, 0.25) is 10.0 Å². The van der Waals surface area contributed by atoms with Gasteiger partial charge in [-0.2, -0.15) is 0 Å². The average Bonchev–Trinajstić information content (AvgIpc) is 3.14. The van der Waals surface area contributed by atoms with Crippen LogP contribution in [-0.2, 0) is 18.3 Å². The van der Waals surface area contributed by atoms with Crippen LogP contribution >= 0.6 is 23.2 Å². The second kappa shape index (κ2) is 10.3. The molecule has 1 aliphatic heterocycles. The van der Waals surface area contributed by atoms with Crippen molar-refractivity contribution in [2.75, 3.05) is 26.2 Å². The SMILES string of the molecule is Cn1c(-c2ccc(Cl)cc2)c(CCC(=O)N2CCN(C3CCCCC3)CC2)c2cc(Cl)ccc21. The number of benzene rings is 2. The van der Waals surface area contributed by atoms with Crippen LogP contribution in [0.1, 0.15) is 44.1 Å². The van der Waals surface area contributed by atoms with Crippen molar-refractivity contribution in [3.8, 4) is 11.3 Å². The van der Waals surface area contributed by atoms with Crippen LogP contribution in [0.4, 0.5) is 0 Å². The molecule has 1 saturated heterocycles. The lowest BCUT2D eigenvalue weighted by Gasteiger charge is -2.40. The highest BCUT2D eigenvalue weighted by Gasteiger charge is 2.27. The van der Waals surface area contributed by atoms with Gasteiger partial charge in [0.2, 0.25) is 5.91 Å².